The number of rotatable bonds is 6. The summed E-state index contributed by atoms with van der Waals surface area (Å²) in [5.41, 5.74) is 4.12. The third kappa shape index (κ3) is 5.88. The molecule has 3 rings (SSSR count). The molecule has 26 heavy (non-hydrogen) atoms. The van der Waals surface area contributed by atoms with Gasteiger partial charge in [0.15, 0.2) is 0 Å². The van der Waals surface area contributed by atoms with Crippen LogP contribution in [0.1, 0.15) is 19.3 Å². The van der Waals surface area contributed by atoms with Crippen molar-refractivity contribution in [3.63, 3.8) is 0 Å². The van der Waals surface area contributed by atoms with E-state index in [9.17, 15) is 4.79 Å². The average Bonchev–Trinajstić information content (AvgIpc) is 2.98. The summed E-state index contributed by atoms with van der Waals surface area (Å²) in [6, 6.07) is 10.1. The van der Waals surface area contributed by atoms with E-state index in [0.29, 0.717) is 0 Å². The van der Waals surface area contributed by atoms with Gasteiger partial charge in [0.05, 0.1) is 11.4 Å². The van der Waals surface area contributed by atoms with Gasteiger partial charge in [-0.3, -0.25) is 14.9 Å². The van der Waals surface area contributed by atoms with E-state index in [-0.39, 0.29) is 36.6 Å². The SMILES string of the molecule is CN(C)CCCN1CCCC(C(=O)Nn2ccc3ccccc32)C1.Cl.Cl. The van der Waals surface area contributed by atoms with Gasteiger partial charge in [-0.05, 0) is 65.1 Å². The summed E-state index contributed by atoms with van der Waals surface area (Å²) in [4.78, 5) is 17.3. The van der Waals surface area contributed by atoms with Crippen molar-refractivity contribution in [2.75, 3.05) is 45.7 Å². The van der Waals surface area contributed by atoms with Crippen molar-refractivity contribution in [2.24, 2.45) is 5.92 Å². The Morgan fingerprint density at radius 1 is 1.23 bits per heavy atom. The monoisotopic (exact) mass is 400 g/mol. The third-order valence-corrected chi connectivity index (χ3v) is 4.79. The normalized spacial score (nSPS) is 17.6. The first-order valence-corrected chi connectivity index (χ1v) is 8.87. The number of fused-ring (bicyclic) bond motifs is 1. The topological polar surface area (TPSA) is 40.5 Å². The number of para-hydroxylation sites is 1. The highest BCUT2D eigenvalue weighted by Crippen LogP contribution is 2.19. The van der Waals surface area contributed by atoms with Crippen molar-refractivity contribution in [1.82, 2.24) is 14.5 Å². The molecule has 1 aromatic carbocycles. The van der Waals surface area contributed by atoms with Gasteiger partial charge in [0.25, 0.3) is 0 Å². The molecular formula is C19H30Cl2N4O. The second-order valence-electron chi connectivity index (χ2n) is 7.02. The fourth-order valence-corrected chi connectivity index (χ4v) is 3.47. The minimum absolute atomic E-state index is 0. The third-order valence-electron chi connectivity index (χ3n) is 4.79. The number of aromatic nitrogens is 1. The zero-order chi connectivity index (χ0) is 16.9. The van der Waals surface area contributed by atoms with E-state index >= 15 is 0 Å². The number of hydrogen-bond acceptors (Lipinski definition) is 3. The van der Waals surface area contributed by atoms with Crippen LogP contribution in [0.25, 0.3) is 10.9 Å². The number of benzene rings is 1. The van der Waals surface area contributed by atoms with Crippen molar-refractivity contribution in [3.8, 4) is 0 Å². The Bertz CT molecular complexity index is 689. The summed E-state index contributed by atoms with van der Waals surface area (Å²) in [7, 11) is 4.21. The van der Waals surface area contributed by atoms with Gasteiger partial charge in [-0.1, -0.05) is 18.2 Å². The van der Waals surface area contributed by atoms with E-state index in [1.165, 1.54) is 0 Å². The fourth-order valence-electron chi connectivity index (χ4n) is 3.47. The molecule has 5 nitrogen and oxygen atoms in total. The lowest BCUT2D eigenvalue weighted by molar-refractivity contribution is -0.122. The van der Waals surface area contributed by atoms with E-state index in [1.54, 1.807) is 0 Å². The highest BCUT2D eigenvalue weighted by molar-refractivity contribution is 5.89. The average molecular weight is 401 g/mol. The molecule has 7 heteroatoms. The molecule has 2 heterocycles. The Balaban J connectivity index is 0.00000169. The molecule has 1 fully saturated rings. The maximum atomic E-state index is 12.7. The van der Waals surface area contributed by atoms with Crippen LogP contribution in [0.4, 0.5) is 0 Å². The van der Waals surface area contributed by atoms with E-state index in [0.717, 1.165) is 56.3 Å². The van der Waals surface area contributed by atoms with E-state index in [4.69, 9.17) is 0 Å². The molecule has 0 aliphatic carbocycles. The standard InChI is InChI=1S/C19H28N4O.2ClH/c1-21(2)11-6-13-22-12-5-8-17(15-22)19(24)20-23-14-10-16-7-3-4-9-18(16)23;;/h3-4,7,9-10,14,17H,5-6,8,11-13,15H2,1-2H3,(H,20,24);2*1H. The van der Waals surface area contributed by atoms with Crippen molar-refractivity contribution < 1.29 is 4.79 Å². The van der Waals surface area contributed by atoms with Crippen molar-refractivity contribution in [2.45, 2.75) is 19.3 Å². The molecule has 1 aliphatic rings. The Morgan fingerprint density at radius 3 is 2.77 bits per heavy atom. The minimum atomic E-state index is 0. The van der Waals surface area contributed by atoms with Gasteiger partial charge >= 0.3 is 0 Å². The maximum Gasteiger partial charge on any atom is 0.243 e. The van der Waals surface area contributed by atoms with Crippen LogP contribution in [0.5, 0.6) is 0 Å². The molecule has 0 saturated carbocycles. The molecule has 1 saturated heterocycles. The molecular weight excluding hydrogens is 371 g/mol. The second-order valence-corrected chi connectivity index (χ2v) is 7.02. The van der Waals surface area contributed by atoms with Crippen molar-refractivity contribution in [1.29, 1.82) is 0 Å². The van der Waals surface area contributed by atoms with E-state index < -0.39 is 0 Å². The van der Waals surface area contributed by atoms with Gasteiger partial charge in [-0.15, -0.1) is 24.8 Å². The van der Waals surface area contributed by atoms with Crippen LogP contribution in [0, 0.1) is 5.92 Å². The number of piperidine rings is 1. The molecule has 1 aromatic heterocycles. The molecule has 1 N–H and O–H groups in total. The number of amides is 1. The van der Waals surface area contributed by atoms with Crippen LogP contribution in [-0.2, 0) is 4.79 Å². The molecule has 1 atom stereocenters. The first-order valence-electron chi connectivity index (χ1n) is 8.87. The number of halogens is 2. The van der Waals surface area contributed by atoms with Crippen LogP contribution in [0.3, 0.4) is 0 Å². The fraction of sp³-hybridized carbons (Fsp3) is 0.526. The Hall–Kier alpha value is -1.27. The number of hydrogen-bond donors (Lipinski definition) is 1. The number of carbonyl (C=O) groups is 1. The van der Waals surface area contributed by atoms with Gasteiger partial charge in [0, 0.05) is 18.1 Å². The molecule has 1 aliphatic heterocycles. The highest BCUT2D eigenvalue weighted by atomic mass is 35.5. The van der Waals surface area contributed by atoms with Crippen LogP contribution >= 0.6 is 24.8 Å². The molecule has 1 unspecified atom stereocenters. The molecule has 0 radical (unpaired) electrons. The first kappa shape index (κ1) is 22.8. The Kier molecular flexibility index (Phi) is 9.44. The molecule has 1 amide bonds. The van der Waals surface area contributed by atoms with Crippen LogP contribution in [0.2, 0.25) is 0 Å². The summed E-state index contributed by atoms with van der Waals surface area (Å²) < 4.78 is 1.85. The number of nitrogens with one attached hydrogen (secondary N) is 1. The smallest absolute Gasteiger partial charge is 0.243 e. The molecule has 0 bridgehead atoms. The summed E-state index contributed by atoms with van der Waals surface area (Å²) in [5, 5.41) is 1.15. The summed E-state index contributed by atoms with van der Waals surface area (Å²) in [6.07, 6.45) is 5.17. The largest absolute Gasteiger partial charge is 0.309 e. The molecule has 0 spiro atoms. The van der Waals surface area contributed by atoms with E-state index in [1.807, 2.05) is 35.1 Å². The number of likely N-dealkylation sites (tertiary alicyclic amines) is 1. The van der Waals surface area contributed by atoms with Gasteiger partial charge in [0.1, 0.15) is 0 Å². The van der Waals surface area contributed by atoms with E-state index in [2.05, 4.69) is 35.4 Å². The predicted octanol–water partition coefficient (Wildman–Crippen LogP) is 3.22. The van der Waals surface area contributed by atoms with Crippen LogP contribution in [-0.4, -0.2) is 60.7 Å². The Labute approximate surface area is 168 Å². The van der Waals surface area contributed by atoms with Gasteiger partial charge in [-0.2, -0.15) is 0 Å². The second kappa shape index (κ2) is 10.8. The summed E-state index contributed by atoms with van der Waals surface area (Å²) in [6.45, 7) is 4.17. The van der Waals surface area contributed by atoms with Crippen LogP contribution in [0.15, 0.2) is 36.5 Å². The van der Waals surface area contributed by atoms with Crippen molar-refractivity contribution >= 4 is 41.6 Å². The zero-order valence-corrected chi connectivity index (χ0v) is 17.2. The predicted molar refractivity (Wildman–Crippen MR) is 113 cm³/mol. The Morgan fingerprint density at radius 2 is 2.00 bits per heavy atom. The number of carbonyl (C=O) groups excluding carboxylic acids is 1. The quantitative estimate of drug-likeness (QED) is 0.808. The first-order chi connectivity index (χ1) is 11.6. The highest BCUT2D eigenvalue weighted by Gasteiger charge is 2.25. The van der Waals surface area contributed by atoms with Crippen molar-refractivity contribution in [3.05, 3.63) is 36.5 Å². The van der Waals surface area contributed by atoms with Crippen LogP contribution < -0.4 is 5.43 Å². The maximum absolute atomic E-state index is 12.7. The lowest BCUT2D eigenvalue weighted by Crippen LogP contribution is -2.42. The zero-order valence-electron chi connectivity index (χ0n) is 15.6. The number of nitrogens with zero attached hydrogens (tertiary/aromatic N) is 3. The lowest BCUT2D eigenvalue weighted by atomic mass is 9.97. The molecule has 146 valence electrons. The lowest BCUT2D eigenvalue weighted by Gasteiger charge is -2.32. The molecule has 2 aromatic rings. The van der Waals surface area contributed by atoms with Gasteiger partial charge < -0.3 is 9.80 Å². The summed E-state index contributed by atoms with van der Waals surface area (Å²) in [5.74, 6) is 0.216. The summed E-state index contributed by atoms with van der Waals surface area (Å²) >= 11 is 0. The minimum Gasteiger partial charge on any atom is -0.309 e. The van der Waals surface area contributed by atoms with Gasteiger partial charge in [0.2, 0.25) is 5.91 Å². The van der Waals surface area contributed by atoms with Gasteiger partial charge in [-0.25, -0.2) is 0 Å².